The van der Waals surface area contributed by atoms with Crippen molar-refractivity contribution in [2.24, 2.45) is 0 Å². The maximum Gasteiger partial charge on any atom is 0.416 e. The molecule has 4 heteroatoms. The predicted molar refractivity (Wildman–Crippen MR) is 38.7 cm³/mol. The van der Waals surface area contributed by atoms with Gasteiger partial charge >= 0.3 is 6.18 Å². The summed E-state index contributed by atoms with van der Waals surface area (Å²) in [5, 5.41) is 0. The van der Waals surface area contributed by atoms with Gasteiger partial charge in [0.25, 0.3) is 0 Å². The van der Waals surface area contributed by atoms with Gasteiger partial charge in [0.05, 0.1) is 11.7 Å². The molecule has 1 aliphatic carbocycles. The number of halogens is 3. The van der Waals surface area contributed by atoms with Gasteiger partial charge in [0.15, 0.2) is 0 Å². The zero-order valence-electron chi connectivity index (χ0n) is 6.56. The molecule has 0 aromatic heterocycles. The number of methoxy groups -OCH3 is 1. The lowest BCUT2D eigenvalue weighted by Crippen LogP contribution is -2.17. The van der Waals surface area contributed by atoms with Crippen molar-refractivity contribution >= 4 is 0 Å². The van der Waals surface area contributed by atoms with Crippen molar-refractivity contribution in [3.05, 3.63) is 23.8 Å². The van der Waals surface area contributed by atoms with E-state index < -0.39 is 17.9 Å². The first kappa shape index (κ1) is 9.32. The molecule has 12 heavy (non-hydrogen) atoms. The molecule has 0 saturated heterocycles. The zero-order chi connectivity index (χ0) is 9.19. The van der Waals surface area contributed by atoms with Crippen molar-refractivity contribution in [1.29, 1.82) is 0 Å². The molecule has 0 spiro atoms. The SMILES string of the molecule is COC1C=C(C(F)(F)F)C=CC1. The van der Waals surface area contributed by atoms with E-state index in [-0.39, 0.29) is 0 Å². The minimum Gasteiger partial charge on any atom is -0.377 e. The van der Waals surface area contributed by atoms with Gasteiger partial charge in [-0.2, -0.15) is 13.2 Å². The Kier molecular flexibility index (Phi) is 2.57. The number of alkyl halides is 3. The standard InChI is InChI=1S/C8H9F3O/c1-12-7-4-2-3-6(5-7)8(9,10)11/h2-3,5,7H,4H2,1H3. The summed E-state index contributed by atoms with van der Waals surface area (Å²) in [7, 11) is 1.40. The fourth-order valence-corrected chi connectivity index (χ4v) is 1.01. The Morgan fingerprint density at radius 2 is 2.17 bits per heavy atom. The van der Waals surface area contributed by atoms with Crippen molar-refractivity contribution in [1.82, 2.24) is 0 Å². The molecule has 0 aromatic rings. The van der Waals surface area contributed by atoms with Crippen molar-refractivity contribution in [3.63, 3.8) is 0 Å². The second kappa shape index (κ2) is 3.31. The normalized spacial score (nSPS) is 24.0. The van der Waals surface area contributed by atoms with E-state index in [1.165, 1.54) is 13.2 Å². The molecule has 68 valence electrons. The average Bonchev–Trinajstić information content (AvgIpc) is 2.03. The van der Waals surface area contributed by atoms with Crippen LogP contribution in [-0.2, 0) is 4.74 Å². The van der Waals surface area contributed by atoms with E-state index in [1.807, 2.05) is 0 Å². The molecule has 0 bridgehead atoms. The second-order valence-electron chi connectivity index (χ2n) is 2.53. The fraction of sp³-hybridized carbons (Fsp3) is 0.500. The molecule has 0 radical (unpaired) electrons. The number of rotatable bonds is 1. The summed E-state index contributed by atoms with van der Waals surface area (Å²) in [6.45, 7) is 0. The third kappa shape index (κ3) is 2.11. The van der Waals surface area contributed by atoms with Crippen molar-refractivity contribution in [3.8, 4) is 0 Å². The summed E-state index contributed by atoms with van der Waals surface area (Å²) in [4.78, 5) is 0. The first-order valence-electron chi connectivity index (χ1n) is 3.52. The van der Waals surface area contributed by atoms with Crippen LogP contribution in [0.1, 0.15) is 6.42 Å². The number of hydrogen-bond acceptors (Lipinski definition) is 1. The van der Waals surface area contributed by atoms with Crippen LogP contribution in [0, 0.1) is 0 Å². The predicted octanol–water partition coefficient (Wildman–Crippen LogP) is 2.45. The van der Waals surface area contributed by atoms with Crippen LogP contribution in [0.2, 0.25) is 0 Å². The first-order valence-corrected chi connectivity index (χ1v) is 3.52. The summed E-state index contributed by atoms with van der Waals surface area (Å²) < 4.78 is 41.0. The van der Waals surface area contributed by atoms with Crippen LogP contribution in [0.15, 0.2) is 23.8 Å². The molecular formula is C8H9F3O. The number of ether oxygens (including phenoxy) is 1. The lowest BCUT2D eigenvalue weighted by Gasteiger charge is -2.16. The Balaban J connectivity index is 2.77. The topological polar surface area (TPSA) is 9.23 Å². The van der Waals surface area contributed by atoms with Gasteiger partial charge < -0.3 is 4.74 Å². The fourth-order valence-electron chi connectivity index (χ4n) is 1.01. The van der Waals surface area contributed by atoms with Crippen LogP contribution in [0.25, 0.3) is 0 Å². The Morgan fingerprint density at radius 1 is 1.50 bits per heavy atom. The Bertz CT molecular complexity index is 215. The van der Waals surface area contributed by atoms with Crippen LogP contribution in [-0.4, -0.2) is 19.4 Å². The number of hydrogen-bond donors (Lipinski definition) is 0. The van der Waals surface area contributed by atoms with Crippen LogP contribution < -0.4 is 0 Å². The van der Waals surface area contributed by atoms with Crippen LogP contribution in [0.4, 0.5) is 13.2 Å². The van der Waals surface area contributed by atoms with Gasteiger partial charge in [0.2, 0.25) is 0 Å². The van der Waals surface area contributed by atoms with E-state index in [0.29, 0.717) is 6.42 Å². The molecule has 0 fully saturated rings. The summed E-state index contributed by atoms with van der Waals surface area (Å²) >= 11 is 0. The Labute approximate surface area is 68.5 Å². The van der Waals surface area contributed by atoms with Crippen molar-refractivity contribution in [2.45, 2.75) is 18.7 Å². The smallest absolute Gasteiger partial charge is 0.377 e. The monoisotopic (exact) mass is 178 g/mol. The maximum atomic E-state index is 12.1. The lowest BCUT2D eigenvalue weighted by molar-refractivity contribution is -0.0895. The van der Waals surface area contributed by atoms with Gasteiger partial charge in [-0.1, -0.05) is 12.2 Å². The summed E-state index contributed by atoms with van der Waals surface area (Å²) in [6.07, 6.45) is -0.539. The third-order valence-electron chi connectivity index (χ3n) is 1.66. The molecule has 0 aliphatic heterocycles. The highest BCUT2D eigenvalue weighted by Crippen LogP contribution is 2.29. The summed E-state index contributed by atoms with van der Waals surface area (Å²) in [6, 6.07) is 0. The average molecular weight is 178 g/mol. The molecule has 0 saturated carbocycles. The Morgan fingerprint density at radius 3 is 2.67 bits per heavy atom. The van der Waals surface area contributed by atoms with Gasteiger partial charge in [-0.05, 0) is 12.5 Å². The highest BCUT2D eigenvalue weighted by atomic mass is 19.4. The molecule has 1 nitrogen and oxygen atoms in total. The molecule has 1 aliphatic rings. The largest absolute Gasteiger partial charge is 0.416 e. The minimum absolute atomic E-state index is 0.438. The molecule has 1 atom stereocenters. The van der Waals surface area contributed by atoms with Crippen LogP contribution in [0.3, 0.4) is 0 Å². The van der Waals surface area contributed by atoms with Gasteiger partial charge in [0.1, 0.15) is 0 Å². The summed E-state index contributed by atoms with van der Waals surface area (Å²) in [5.74, 6) is 0. The number of allylic oxidation sites excluding steroid dienone is 2. The highest BCUT2D eigenvalue weighted by Gasteiger charge is 2.33. The van der Waals surface area contributed by atoms with Crippen molar-refractivity contribution in [2.75, 3.05) is 7.11 Å². The molecule has 0 N–H and O–H groups in total. The summed E-state index contributed by atoms with van der Waals surface area (Å²) in [5.41, 5.74) is -0.624. The highest BCUT2D eigenvalue weighted by molar-refractivity contribution is 5.28. The third-order valence-corrected chi connectivity index (χ3v) is 1.66. The van der Waals surface area contributed by atoms with E-state index >= 15 is 0 Å². The van der Waals surface area contributed by atoms with Gasteiger partial charge in [0, 0.05) is 7.11 Å². The molecule has 0 heterocycles. The van der Waals surface area contributed by atoms with Gasteiger partial charge in [-0.3, -0.25) is 0 Å². The van der Waals surface area contributed by atoms with E-state index in [0.717, 1.165) is 12.2 Å². The van der Waals surface area contributed by atoms with Crippen LogP contribution >= 0.6 is 0 Å². The second-order valence-corrected chi connectivity index (χ2v) is 2.53. The molecule has 0 amide bonds. The molecule has 1 rings (SSSR count). The quantitative estimate of drug-likeness (QED) is 0.599. The van der Waals surface area contributed by atoms with E-state index in [4.69, 9.17) is 4.74 Å². The first-order chi connectivity index (χ1) is 5.54. The van der Waals surface area contributed by atoms with Crippen molar-refractivity contribution < 1.29 is 17.9 Å². The molecule has 1 unspecified atom stereocenters. The minimum atomic E-state index is -4.26. The van der Waals surface area contributed by atoms with E-state index in [2.05, 4.69) is 0 Å². The maximum absolute atomic E-state index is 12.1. The Hall–Kier alpha value is -0.770. The van der Waals surface area contributed by atoms with Crippen LogP contribution in [0.5, 0.6) is 0 Å². The molecular weight excluding hydrogens is 169 g/mol. The van der Waals surface area contributed by atoms with E-state index in [1.54, 1.807) is 0 Å². The van der Waals surface area contributed by atoms with Gasteiger partial charge in [-0.25, -0.2) is 0 Å². The molecule has 0 aromatic carbocycles. The van der Waals surface area contributed by atoms with E-state index in [9.17, 15) is 13.2 Å². The zero-order valence-corrected chi connectivity index (χ0v) is 6.56. The van der Waals surface area contributed by atoms with Gasteiger partial charge in [-0.15, -0.1) is 0 Å². The lowest BCUT2D eigenvalue weighted by atomic mass is 10.0.